The Kier molecular flexibility index (Phi) is 5.97. The van der Waals surface area contributed by atoms with Crippen LogP contribution in [0.25, 0.3) is 21.3 Å². The molecule has 1 saturated carbocycles. The van der Waals surface area contributed by atoms with Gasteiger partial charge in [0.15, 0.2) is 0 Å². The Hall–Kier alpha value is -2.55. The van der Waals surface area contributed by atoms with E-state index in [0.29, 0.717) is 30.2 Å². The van der Waals surface area contributed by atoms with Crippen LogP contribution < -0.4 is 10.6 Å². The first-order valence-corrected chi connectivity index (χ1v) is 13.2. The highest BCUT2D eigenvalue weighted by Crippen LogP contribution is 2.53. The Morgan fingerprint density at radius 1 is 1.18 bits per heavy atom. The summed E-state index contributed by atoms with van der Waals surface area (Å²) in [6.45, 7) is 5.60. The van der Waals surface area contributed by atoms with Crippen molar-refractivity contribution in [3.05, 3.63) is 42.0 Å². The molecule has 2 N–H and O–H groups in total. The minimum atomic E-state index is -0.201. The summed E-state index contributed by atoms with van der Waals surface area (Å²) in [4.78, 5) is 26.4. The largest absolute Gasteiger partial charge is 0.380 e. The first-order chi connectivity index (χ1) is 16.7. The SMILES string of the molecule is NC(=O)C[C@@H]1CCCN1CCOCC1C2CN(c3ncnc4scc(-c5ccccc5)c34)CC12. The van der Waals surface area contributed by atoms with Crippen LogP contribution >= 0.6 is 11.3 Å². The number of nitrogens with zero attached hydrogens (tertiary/aromatic N) is 4. The predicted octanol–water partition coefficient (Wildman–Crippen LogP) is 3.40. The van der Waals surface area contributed by atoms with Gasteiger partial charge in [0.25, 0.3) is 0 Å². The number of rotatable bonds is 9. The van der Waals surface area contributed by atoms with Crippen LogP contribution in [0, 0.1) is 17.8 Å². The number of hydrogen-bond donors (Lipinski definition) is 1. The summed E-state index contributed by atoms with van der Waals surface area (Å²) in [6.07, 6.45) is 4.39. The van der Waals surface area contributed by atoms with E-state index in [4.69, 9.17) is 15.5 Å². The predicted molar refractivity (Wildman–Crippen MR) is 135 cm³/mol. The minimum Gasteiger partial charge on any atom is -0.380 e. The topological polar surface area (TPSA) is 84.6 Å². The van der Waals surface area contributed by atoms with Gasteiger partial charge in [0.1, 0.15) is 17.0 Å². The molecule has 0 spiro atoms. The number of hydrogen-bond acceptors (Lipinski definition) is 7. The van der Waals surface area contributed by atoms with Gasteiger partial charge in [-0.2, -0.15) is 0 Å². The van der Waals surface area contributed by atoms with E-state index in [1.807, 2.05) is 0 Å². The molecule has 2 unspecified atom stereocenters. The maximum absolute atomic E-state index is 11.3. The molecule has 178 valence electrons. The van der Waals surface area contributed by atoms with Crippen molar-refractivity contribution in [1.82, 2.24) is 14.9 Å². The maximum Gasteiger partial charge on any atom is 0.218 e. The van der Waals surface area contributed by atoms with Crippen LogP contribution in [0.2, 0.25) is 0 Å². The standard InChI is InChI=1S/C26H31N5O2S/c27-23(32)11-18-7-4-8-30(18)9-10-33-14-21-19-12-31(13-20(19)21)25-24-22(17-5-2-1-3-6-17)15-34-26(24)29-16-28-25/h1-3,5-6,15-16,18-21H,4,7-14H2,(H2,27,32)/t18-,19?,20?,21?/m0/s1. The monoisotopic (exact) mass is 477 g/mol. The Bertz CT molecular complexity index is 1160. The molecule has 1 amide bonds. The van der Waals surface area contributed by atoms with Crippen LogP contribution in [0.5, 0.6) is 0 Å². The average molecular weight is 478 g/mol. The van der Waals surface area contributed by atoms with E-state index in [1.54, 1.807) is 17.7 Å². The molecule has 2 aromatic heterocycles. The summed E-state index contributed by atoms with van der Waals surface area (Å²) >= 11 is 1.69. The third kappa shape index (κ3) is 4.19. The van der Waals surface area contributed by atoms with Crippen molar-refractivity contribution in [2.75, 3.05) is 44.3 Å². The van der Waals surface area contributed by atoms with Crippen molar-refractivity contribution in [3.63, 3.8) is 0 Å². The number of thiophene rings is 1. The quantitative estimate of drug-likeness (QED) is 0.476. The van der Waals surface area contributed by atoms with Gasteiger partial charge >= 0.3 is 0 Å². The Labute approximate surface area is 203 Å². The highest BCUT2D eigenvalue weighted by molar-refractivity contribution is 7.17. The second kappa shape index (κ2) is 9.24. The lowest BCUT2D eigenvalue weighted by Gasteiger charge is -2.24. The number of primary amides is 1. The van der Waals surface area contributed by atoms with Crippen molar-refractivity contribution in [3.8, 4) is 11.1 Å². The number of carbonyl (C=O) groups is 1. The van der Waals surface area contributed by atoms with Crippen LogP contribution in [-0.4, -0.2) is 66.2 Å². The number of carbonyl (C=O) groups excluding carboxylic acids is 1. The molecule has 0 bridgehead atoms. The summed E-state index contributed by atoms with van der Waals surface area (Å²) < 4.78 is 6.08. The molecular formula is C26H31N5O2S. The normalized spacial score (nSPS) is 26.3. The zero-order valence-corrected chi connectivity index (χ0v) is 20.1. The third-order valence-corrected chi connectivity index (χ3v) is 8.76. The van der Waals surface area contributed by atoms with E-state index in [2.05, 4.69) is 50.5 Å². The molecule has 3 aliphatic rings. The number of fused-ring (bicyclic) bond motifs is 2. The number of amides is 1. The fourth-order valence-electron chi connectivity index (χ4n) is 6.05. The van der Waals surface area contributed by atoms with Crippen molar-refractivity contribution in [2.45, 2.75) is 25.3 Å². The van der Waals surface area contributed by atoms with Gasteiger partial charge in [0, 0.05) is 43.0 Å². The van der Waals surface area contributed by atoms with Gasteiger partial charge in [-0.1, -0.05) is 30.3 Å². The molecule has 6 rings (SSSR count). The molecule has 8 heteroatoms. The molecule has 4 heterocycles. The summed E-state index contributed by atoms with van der Waals surface area (Å²) in [6, 6.07) is 10.8. The molecule has 3 aromatic rings. The number of benzene rings is 1. The fraction of sp³-hybridized carbons (Fsp3) is 0.500. The third-order valence-electron chi connectivity index (χ3n) is 7.87. The summed E-state index contributed by atoms with van der Waals surface area (Å²) in [5.41, 5.74) is 7.85. The lowest BCUT2D eigenvalue weighted by atomic mass is 10.1. The van der Waals surface area contributed by atoms with Crippen LogP contribution in [-0.2, 0) is 9.53 Å². The van der Waals surface area contributed by atoms with E-state index in [1.165, 1.54) is 16.5 Å². The van der Waals surface area contributed by atoms with Crippen LogP contribution in [0.3, 0.4) is 0 Å². The summed E-state index contributed by atoms with van der Waals surface area (Å²) in [7, 11) is 0. The molecule has 2 saturated heterocycles. The molecule has 3 atom stereocenters. The first-order valence-electron chi connectivity index (χ1n) is 12.3. The highest BCUT2D eigenvalue weighted by Gasteiger charge is 2.56. The van der Waals surface area contributed by atoms with Gasteiger partial charge in [-0.3, -0.25) is 9.69 Å². The number of nitrogens with two attached hydrogens (primary N) is 1. The van der Waals surface area contributed by atoms with Crippen molar-refractivity contribution in [2.24, 2.45) is 23.5 Å². The van der Waals surface area contributed by atoms with Crippen molar-refractivity contribution >= 4 is 33.3 Å². The number of aromatic nitrogens is 2. The lowest BCUT2D eigenvalue weighted by Crippen LogP contribution is -2.35. The summed E-state index contributed by atoms with van der Waals surface area (Å²) in [5, 5.41) is 3.39. The van der Waals surface area contributed by atoms with Gasteiger partial charge in [0.2, 0.25) is 5.91 Å². The first kappa shape index (κ1) is 21.9. The van der Waals surface area contributed by atoms with E-state index in [0.717, 1.165) is 62.9 Å². The molecule has 3 fully saturated rings. The number of ether oxygens (including phenoxy) is 1. The van der Waals surface area contributed by atoms with E-state index in [9.17, 15) is 4.79 Å². The van der Waals surface area contributed by atoms with Crippen LogP contribution in [0.15, 0.2) is 42.0 Å². The molecular weight excluding hydrogens is 446 g/mol. The molecule has 7 nitrogen and oxygen atoms in total. The average Bonchev–Trinajstić information content (AvgIpc) is 3.29. The van der Waals surface area contributed by atoms with Crippen LogP contribution in [0.4, 0.5) is 5.82 Å². The zero-order chi connectivity index (χ0) is 23.1. The Morgan fingerprint density at radius 3 is 2.79 bits per heavy atom. The smallest absolute Gasteiger partial charge is 0.218 e. The van der Waals surface area contributed by atoms with E-state index < -0.39 is 0 Å². The van der Waals surface area contributed by atoms with Crippen molar-refractivity contribution in [1.29, 1.82) is 0 Å². The summed E-state index contributed by atoms with van der Waals surface area (Å²) in [5.74, 6) is 2.92. The number of piperidine rings is 1. The molecule has 1 aliphatic carbocycles. The van der Waals surface area contributed by atoms with Crippen LogP contribution in [0.1, 0.15) is 19.3 Å². The lowest BCUT2D eigenvalue weighted by molar-refractivity contribution is -0.119. The van der Waals surface area contributed by atoms with Gasteiger partial charge in [-0.05, 0) is 42.7 Å². The maximum atomic E-state index is 11.3. The minimum absolute atomic E-state index is 0.201. The van der Waals surface area contributed by atoms with Crippen molar-refractivity contribution < 1.29 is 9.53 Å². The highest BCUT2D eigenvalue weighted by atomic mass is 32.1. The Morgan fingerprint density at radius 2 is 2.00 bits per heavy atom. The van der Waals surface area contributed by atoms with Gasteiger partial charge in [0.05, 0.1) is 18.6 Å². The van der Waals surface area contributed by atoms with Gasteiger partial charge < -0.3 is 15.4 Å². The number of anilines is 1. The van der Waals surface area contributed by atoms with Gasteiger partial charge in [-0.25, -0.2) is 9.97 Å². The van der Waals surface area contributed by atoms with Gasteiger partial charge in [-0.15, -0.1) is 11.3 Å². The molecule has 34 heavy (non-hydrogen) atoms. The Balaban J connectivity index is 1.04. The fourth-order valence-corrected chi connectivity index (χ4v) is 6.96. The van der Waals surface area contributed by atoms with E-state index >= 15 is 0 Å². The molecule has 0 radical (unpaired) electrons. The zero-order valence-electron chi connectivity index (χ0n) is 19.3. The molecule has 1 aromatic carbocycles. The van der Waals surface area contributed by atoms with E-state index in [-0.39, 0.29) is 5.91 Å². The molecule has 2 aliphatic heterocycles. The number of likely N-dealkylation sites (tertiary alicyclic amines) is 1. The second-order valence-electron chi connectivity index (χ2n) is 9.87. The second-order valence-corrected chi connectivity index (χ2v) is 10.7.